The Bertz CT molecular complexity index is 545. The van der Waals surface area contributed by atoms with Crippen LogP contribution in [0.1, 0.15) is 0 Å². The molecule has 0 unspecified atom stereocenters. The first-order chi connectivity index (χ1) is 8.04. The van der Waals surface area contributed by atoms with Gasteiger partial charge in [0.1, 0.15) is 16.7 Å². The minimum Gasteiger partial charge on any atom is -0.439 e. The van der Waals surface area contributed by atoms with Gasteiger partial charge in [0.25, 0.3) is 0 Å². The lowest BCUT2D eigenvalue weighted by molar-refractivity contribution is 0.461. The molecule has 1 heterocycles. The van der Waals surface area contributed by atoms with E-state index in [2.05, 4.69) is 20.9 Å². The van der Waals surface area contributed by atoms with Crippen LogP contribution >= 0.6 is 27.5 Å². The molecule has 0 saturated heterocycles. The lowest BCUT2D eigenvalue weighted by Gasteiger charge is -2.06. The molecule has 0 fully saturated rings. The number of pyridine rings is 1. The second-order valence-corrected chi connectivity index (χ2v) is 4.48. The van der Waals surface area contributed by atoms with Crippen LogP contribution in [0.5, 0.6) is 11.6 Å². The summed E-state index contributed by atoms with van der Waals surface area (Å²) in [6.07, 6.45) is 0. The van der Waals surface area contributed by atoms with E-state index in [1.807, 2.05) is 0 Å². The molecule has 0 aliphatic rings. The van der Waals surface area contributed by atoms with Gasteiger partial charge in [0.05, 0.1) is 4.47 Å². The smallest absolute Gasteiger partial charge is 0.222 e. The average Bonchev–Trinajstić information content (AvgIpc) is 2.22. The van der Waals surface area contributed by atoms with Crippen molar-refractivity contribution in [3.8, 4) is 11.6 Å². The van der Waals surface area contributed by atoms with Gasteiger partial charge in [0.15, 0.2) is 0 Å². The molecule has 2 N–H and O–H groups in total. The Balaban J connectivity index is 2.28. The number of nitrogens with zero attached hydrogens (tertiary/aromatic N) is 1. The van der Waals surface area contributed by atoms with Crippen molar-refractivity contribution in [1.29, 1.82) is 0 Å². The topological polar surface area (TPSA) is 48.1 Å². The third kappa shape index (κ3) is 3.08. The fraction of sp³-hybridized carbons (Fsp3) is 0. The van der Waals surface area contributed by atoms with Crippen molar-refractivity contribution in [2.24, 2.45) is 0 Å². The van der Waals surface area contributed by atoms with Crippen LogP contribution in [0.2, 0.25) is 5.15 Å². The van der Waals surface area contributed by atoms with Crippen molar-refractivity contribution in [1.82, 2.24) is 4.98 Å². The van der Waals surface area contributed by atoms with E-state index >= 15 is 0 Å². The first-order valence-corrected chi connectivity index (χ1v) is 5.77. The number of hydrogen-bond donors (Lipinski definition) is 1. The number of rotatable bonds is 2. The fourth-order valence-electron chi connectivity index (χ4n) is 1.20. The van der Waals surface area contributed by atoms with E-state index in [1.54, 1.807) is 0 Å². The van der Waals surface area contributed by atoms with Crippen LogP contribution in [-0.4, -0.2) is 4.98 Å². The number of aromatic nitrogens is 1. The first kappa shape index (κ1) is 12.1. The van der Waals surface area contributed by atoms with Gasteiger partial charge >= 0.3 is 0 Å². The lowest BCUT2D eigenvalue weighted by atomic mass is 10.3. The minimum atomic E-state index is -0.365. The summed E-state index contributed by atoms with van der Waals surface area (Å²) in [5.41, 5.74) is 6.04. The Morgan fingerprint density at radius 1 is 1.29 bits per heavy atom. The number of ether oxygens (including phenoxy) is 1. The molecule has 0 saturated carbocycles. The van der Waals surface area contributed by atoms with E-state index in [4.69, 9.17) is 22.1 Å². The second-order valence-electron chi connectivity index (χ2n) is 3.24. The maximum Gasteiger partial charge on any atom is 0.222 e. The summed E-state index contributed by atoms with van der Waals surface area (Å²) in [6, 6.07) is 7.30. The molecule has 2 rings (SSSR count). The van der Waals surface area contributed by atoms with Crippen molar-refractivity contribution in [2.75, 3.05) is 5.73 Å². The highest BCUT2D eigenvalue weighted by Crippen LogP contribution is 2.27. The van der Waals surface area contributed by atoms with Crippen LogP contribution in [0.15, 0.2) is 34.8 Å². The predicted octanol–water partition coefficient (Wildman–Crippen LogP) is 4.01. The third-order valence-corrected chi connectivity index (χ3v) is 2.71. The molecule has 0 aliphatic heterocycles. The largest absolute Gasteiger partial charge is 0.439 e. The summed E-state index contributed by atoms with van der Waals surface area (Å²) in [6.45, 7) is 0. The molecule has 0 spiro atoms. The van der Waals surface area contributed by atoms with Gasteiger partial charge in [-0.2, -0.15) is 0 Å². The van der Waals surface area contributed by atoms with Crippen molar-refractivity contribution < 1.29 is 9.13 Å². The summed E-state index contributed by atoms with van der Waals surface area (Å²) in [5.74, 6) is 0.330. The molecule has 3 nitrogen and oxygen atoms in total. The van der Waals surface area contributed by atoms with Crippen LogP contribution < -0.4 is 10.5 Å². The van der Waals surface area contributed by atoms with Crippen LogP contribution in [0, 0.1) is 5.82 Å². The van der Waals surface area contributed by atoms with E-state index in [1.165, 1.54) is 30.3 Å². The Hall–Kier alpha value is -1.33. The Kier molecular flexibility index (Phi) is 3.49. The first-order valence-electron chi connectivity index (χ1n) is 4.60. The third-order valence-electron chi connectivity index (χ3n) is 1.91. The SMILES string of the molecule is Nc1cc(Cl)nc(Oc2ccc(F)c(Br)c2)c1. The molecular weight excluding hydrogens is 310 g/mol. The summed E-state index contributed by atoms with van der Waals surface area (Å²) in [7, 11) is 0. The molecule has 0 radical (unpaired) electrons. The monoisotopic (exact) mass is 316 g/mol. The van der Waals surface area contributed by atoms with E-state index in [0.717, 1.165) is 0 Å². The molecule has 0 bridgehead atoms. The molecule has 17 heavy (non-hydrogen) atoms. The van der Waals surface area contributed by atoms with Gasteiger partial charge in [-0.1, -0.05) is 11.6 Å². The standard InChI is InChI=1S/C11H7BrClFN2O/c12-8-5-7(1-2-9(8)14)17-11-4-6(15)3-10(13)16-11/h1-5H,(H2,15,16). The van der Waals surface area contributed by atoms with Crippen LogP contribution in [0.4, 0.5) is 10.1 Å². The van der Waals surface area contributed by atoms with Gasteiger partial charge in [-0.05, 0) is 40.2 Å². The van der Waals surface area contributed by atoms with Gasteiger partial charge in [0.2, 0.25) is 5.88 Å². The zero-order chi connectivity index (χ0) is 12.4. The van der Waals surface area contributed by atoms with Crippen molar-refractivity contribution in [3.63, 3.8) is 0 Å². The van der Waals surface area contributed by atoms with E-state index in [9.17, 15) is 4.39 Å². The maximum absolute atomic E-state index is 13.0. The number of hydrogen-bond acceptors (Lipinski definition) is 3. The maximum atomic E-state index is 13.0. The zero-order valence-electron chi connectivity index (χ0n) is 8.45. The van der Waals surface area contributed by atoms with Crippen molar-refractivity contribution in [3.05, 3.63) is 45.8 Å². The zero-order valence-corrected chi connectivity index (χ0v) is 10.8. The average molecular weight is 318 g/mol. The Labute approximate surface area is 110 Å². The Morgan fingerprint density at radius 3 is 2.71 bits per heavy atom. The molecular formula is C11H7BrClFN2O. The van der Waals surface area contributed by atoms with Crippen LogP contribution in [0.3, 0.4) is 0 Å². The number of anilines is 1. The molecule has 0 atom stereocenters. The fourth-order valence-corrected chi connectivity index (χ4v) is 1.77. The Morgan fingerprint density at radius 2 is 2.06 bits per heavy atom. The van der Waals surface area contributed by atoms with Crippen molar-refractivity contribution >= 4 is 33.2 Å². The van der Waals surface area contributed by atoms with E-state index in [-0.39, 0.29) is 16.9 Å². The normalized spacial score (nSPS) is 10.3. The van der Waals surface area contributed by atoms with E-state index in [0.29, 0.717) is 15.9 Å². The number of halogens is 3. The summed E-state index contributed by atoms with van der Waals surface area (Å²) in [4.78, 5) is 3.94. The number of nitrogen functional groups attached to an aromatic ring is 1. The molecule has 0 aliphatic carbocycles. The van der Waals surface area contributed by atoms with Crippen LogP contribution in [0.25, 0.3) is 0 Å². The van der Waals surface area contributed by atoms with Gasteiger partial charge in [0, 0.05) is 11.8 Å². The molecule has 88 valence electrons. The molecule has 6 heteroatoms. The number of benzene rings is 1. The van der Waals surface area contributed by atoms with E-state index < -0.39 is 0 Å². The lowest BCUT2D eigenvalue weighted by Crippen LogP contribution is -1.92. The summed E-state index contributed by atoms with van der Waals surface area (Å²) >= 11 is 8.79. The predicted molar refractivity (Wildman–Crippen MR) is 67.8 cm³/mol. The number of nitrogens with two attached hydrogens (primary N) is 1. The van der Waals surface area contributed by atoms with Gasteiger partial charge in [-0.3, -0.25) is 0 Å². The highest BCUT2D eigenvalue weighted by molar-refractivity contribution is 9.10. The second kappa shape index (κ2) is 4.89. The minimum absolute atomic E-state index is 0.237. The quantitative estimate of drug-likeness (QED) is 0.851. The summed E-state index contributed by atoms with van der Waals surface area (Å²) < 4.78 is 18.7. The van der Waals surface area contributed by atoms with Crippen molar-refractivity contribution in [2.45, 2.75) is 0 Å². The molecule has 2 aromatic rings. The highest BCUT2D eigenvalue weighted by atomic mass is 79.9. The molecule has 1 aromatic carbocycles. The van der Waals surface area contributed by atoms with Gasteiger partial charge in [-0.25, -0.2) is 9.37 Å². The summed E-state index contributed by atoms with van der Waals surface area (Å²) in [5, 5.41) is 0.237. The van der Waals surface area contributed by atoms with Gasteiger partial charge < -0.3 is 10.5 Å². The highest BCUT2D eigenvalue weighted by Gasteiger charge is 2.05. The van der Waals surface area contributed by atoms with Crippen LogP contribution in [-0.2, 0) is 0 Å². The molecule has 1 aromatic heterocycles. The van der Waals surface area contributed by atoms with Gasteiger partial charge in [-0.15, -0.1) is 0 Å². The molecule has 0 amide bonds.